The van der Waals surface area contributed by atoms with Crippen LogP contribution in [0.15, 0.2) is 22.7 Å². The Labute approximate surface area is 134 Å². The highest BCUT2D eigenvalue weighted by molar-refractivity contribution is 9.10. The third-order valence-corrected chi connectivity index (χ3v) is 4.68. The molecule has 1 aliphatic rings. The van der Waals surface area contributed by atoms with Crippen molar-refractivity contribution in [2.75, 3.05) is 20.2 Å². The second kappa shape index (κ2) is 7.27. The number of hydrogen-bond donors (Lipinski definition) is 1. The van der Waals surface area contributed by atoms with Crippen molar-refractivity contribution in [3.63, 3.8) is 0 Å². The number of carbonyl (C=O) groups is 1. The van der Waals surface area contributed by atoms with Gasteiger partial charge in [0.15, 0.2) is 0 Å². The Morgan fingerprint density at radius 3 is 2.90 bits per heavy atom. The summed E-state index contributed by atoms with van der Waals surface area (Å²) in [6.45, 7) is 3.31. The fourth-order valence-electron chi connectivity index (χ4n) is 2.63. The Bertz CT molecular complexity index is 506. The summed E-state index contributed by atoms with van der Waals surface area (Å²) in [5, 5.41) is 9.71. The number of piperidine rings is 1. The van der Waals surface area contributed by atoms with E-state index >= 15 is 0 Å². The molecule has 1 saturated heterocycles. The molecule has 0 radical (unpaired) electrons. The average Bonchev–Trinajstić information content (AvgIpc) is 2.47. The molecule has 21 heavy (non-hydrogen) atoms. The summed E-state index contributed by atoms with van der Waals surface area (Å²) >= 11 is 3.46. The fourth-order valence-corrected chi connectivity index (χ4v) is 3.22. The molecule has 2 rings (SSSR count). The number of hydrogen-bond acceptors (Lipinski definition) is 3. The number of methoxy groups -OCH3 is 1. The summed E-state index contributed by atoms with van der Waals surface area (Å²) in [5.74, 6) is 1.13. The van der Waals surface area contributed by atoms with Crippen LogP contribution in [0.5, 0.6) is 5.75 Å². The van der Waals surface area contributed by atoms with Crippen LogP contribution in [0.1, 0.15) is 25.3 Å². The lowest BCUT2D eigenvalue weighted by atomic mass is 9.96. The van der Waals surface area contributed by atoms with E-state index in [1.165, 1.54) is 0 Å². The number of aliphatic hydroxyl groups is 1. The minimum absolute atomic E-state index is 0.165. The second-order valence-electron chi connectivity index (χ2n) is 5.64. The largest absolute Gasteiger partial charge is 0.496 e. The van der Waals surface area contributed by atoms with Crippen molar-refractivity contribution < 1.29 is 14.6 Å². The number of ether oxygens (including phenoxy) is 1. The Morgan fingerprint density at radius 1 is 1.52 bits per heavy atom. The smallest absolute Gasteiger partial charge is 0.222 e. The molecule has 1 aromatic carbocycles. The predicted octanol–water partition coefficient (Wildman–Crippen LogP) is 2.62. The molecule has 5 heteroatoms. The van der Waals surface area contributed by atoms with E-state index in [-0.39, 0.29) is 17.9 Å². The van der Waals surface area contributed by atoms with Crippen LogP contribution >= 0.6 is 15.9 Å². The number of carbonyl (C=O) groups excluding carboxylic acids is 1. The first kappa shape index (κ1) is 16.3. The van der Waals surface area contributed by atoms with Gasteiger partial charge < -0.3 is 14.7 Å². The van der Waals surface area contributed by atoms with E-state index in [4.69, 9.17) is 4.74 Å². The number of aryl methyl sites for hydroxylation is 1. The molecule has 1 aliphatic heterocycles. The van der Waals surface area contributed by atoms with Gasteiger partial charge in [0.1, 0.15) is 5.75 Å². The summed E-state index contributed by atoms with van der Waals surface area (Å²) < 4.78 is 6.10. The molecule has 1 aromatic rings. The lowest BCUT2D eigenvalue weighted by Crippen LogP contribution is -2.45. The minimum atomic E-state index is -0.272. The molecule has 0 bridgehead atoms. The maximum atomic E-state index is 12.2. The zero-order chi connectivity index (χ0) is 15.4. The van der Waals surface area contributed by atoms with E-state index in [1.54, 1.807) is 7.11 Å². The quantitative estimate of drug-likeness (QED) is 0.902. The lowest BCUT2D eigenvalue weighted by molar-refractivity contribution is -0.134. The maximum absolute atomic E-state index is 12.2. The van der Waals surface area contributed by atoms with E-state index in [9.17, 15) is 9.90 Å². The van der Waals surface area contributed by atoms with Crippen molar-refractivity contribution in [1.82, 2.24) is 4.90 Å². The SMILES string of the molecule is COc1ccc(CCC(=O)N2CCC(O)C(C)C2)cc1Br. The highest BCUT2D eigenvalue weighted by Crippen LogP contribution is 2.26. The molecular weight excluding hydrogens is 334 g/mol. The van der Waals surface area contributed by atoms with Crippen LogP contribution in [0.25, 0.3) is 0 Å². The number of nitrogens with zero attached hydrogens (tertiary/aromatic N) is 1. The Morgan fingerprint density at radius 2 is 2.29 bits per heavy atom. The Hall–Kier alpha value is -1.07. The van der Waals surface area contributed by atoms with Gasteiger partial charge in [0, 0.05) is 19.5 Å². The van der Waals surface area contributed by atoms with Crippen molar-refractivity contribution in [3.8, 4) is 5.75 Å². The van der Waals surface area contributed by atoms with E-state index in [1.807, 2.05) is 30.0 Å². The van der Waals surface area contributed by atoms with Gasteiger partial charge in [-0.05, 0) is 52.4 Å². The monoisotopic (exact) mass is 355 g/mol. The molecule has 4 nitrogen and oxygen atoms in total. The lowest BCUT2D eigenvalue weighted by Gasteiger charge is -2.34. The van der Waals surface area contributed by atoms with Gasteiger partial charge in [-0.25, -0.2) is 0 Å². The molecule has 2 atom stereocenters. The summed E-state index contributed by atoms with van der Waals surface area (Å²) in [6, 6.07) is 5.89. The molecule has 2 unspecified atom stereocenters. The first-order chi connectivity index (χ1) is 10.0. The third kappa shape index (κ3) is 4.20. The first-order valence-corrected chi connectivity index (χ1v) is 8.09. The van der Waals surface area contributed by atoms with Crippen LogP contribution in [-0.4, -0.2) is 42.2 Å². The van der Waals surface area contributed by atoms with Gasteiger partial charge in [0.25, 0.3) is 0 Å². The Kier molecular flexibility index (Phi) is 5.65. The number of halogens is 1. The molecule has 0 saturated carbocycles. The van der Waals surface area contributed by atoms with E-state index < -0.39 is 0 Å². The average molecular weight is 356 g/mol. The van der Waals surface area contributed by atoms with Crippen LogP contribution in [-0.2, 0) is 11.2 Å². The zero-order valence-corrected chi connectivity index (χ0v) is 14.1. The highest BCUT2D eigenvalue weighted by Gasteiger charge is 2.26. The van der Waals surface area contributed by atoms with Crippen molar-refractivity contribution in [2.24, 2.45) is 5.92 Å². The van der Waals surface area contributed by atoms with Crippen LogP contribution in [0.4, 0.5) is 0 Å². The van der Waals surface area contributed by atoms with Crippen molar-refractivity contribution in [1.29, 1.82) is 0 Å². The molecule has 1 fully saturated rings. The van der Waals surface area contributed by atoms with Gasteiger partial charge in [-0.2, -0.15) is 0 Å². The summed E-state index contributed by atoms with van der Waals surface area (Å²) in [4.78, 5) is 14.1. The highest BCUT2D eigenvalue weighted by atomic mass is 79.9. The summed E-state index contributed by atoms with van der Waals surface area (Å²) in [6.07, 6.45) is 1.63. The van der Waals surface area contributed by atoms with E-state index in [0.29, 0.717) is 25.9 Å². The predicted molar refractivity (Wildman–Crippen MR) is 85.4 cm³/mol. The van der Waals surface area contributed by atoms with Gasteiger partial charge >= 0.3 is 0 Å². The number of likely N-dealkylation sites (tertiary alicyclic amines) is 1. The number of amides is 1. The molecule has 0 aromatic heterocycles. The maximum Gasteiger partial charge on any atom is 0.222 e. The normalized spacial score (nSPS) is 22.2. The summed E-state index contributed by atoms with van der Waals surface area (Å²) in [5.41, 5.74) is 1.11. The van der Waals surface area contributed by atoms with Crippen LogP contribution < -0.4 is 4.74 Å². The van der Waals surface area contributed by atoms with Crippen LogP contribution in [0, 0.1) is 5.92 Å². The van der Waals surface area contributed by atoms with E-state index in [2.05, 4.69) is 15.9 Å². The topological polar surface area (TPSA) is 49.8 Å². The van der Waals surface area contributed by atoms with Crippen molar-refractivity contribution in [2.45, 2.75) is 32.3 Å². The first-order valence-electron chi connectivity index (χ1n) is 7.29. The zero-order valence-electron chi connectivity index (χ0n) is 12.5. The van der Waals surface area contributed by atoms with Gasteiger partial charge in [-0.15, -0.1) is 0 Å². The molecule has 0 aliphatic carbocycles. The standard InChI is InChI=1S/C16H22BrNO3/c1-11-10-18(8-7-14(11)19)16(20)6-4-12-3-5-15(21-2)13(17)9-12/h3,5,9,11,14,19H,4,6-8,10H2,1-2H3. The van der Waals surface area contributed by atoms with Crippen molar-refractivity contribution >= 4 is 21.8 Å². The molecule has 116 valence electrons. The molecule has 0 spiro atoms. The molecular formula is C16H22BrNO3. The fraction of sp³-hybridized carbons (Fsp3) is 0.562. The van der Waals surface area contributed by atoms with Crippen LogP contribution in [0.2, 0.25) is 0 Å². The van der Waals surface area contributed by atoms with Gasteiger partial charge in [0.05, 0.1) is 17.7 Å². The second-order valence-corrected chi connectivity index (χ2v) is 6.50. The van der Waals surface area contributed by atoms with Gasteiger partial charge in [-0.3, -0.25) is 4.79 Å². The minimum Gasteiger partial charge on any atom is -0.496 e. The Balaban J connectivity index is 1.88. The molecule has 1 amide bonds. The van der Waals surface area contributed by atoms with Gasteiger partial charge in [-0.1, -0.05) is 13.0 Å². The molecule has 1 N–H and O–H groups in total. The molecule has 1 heterocycles. The number of aliphatic hydroxyl groups excluding tert-OH is 1. The van der Waals surface area contributed by atoms with Crippen molar-refractivity contribution in [3.05, 3.63) is 28.2 Å². The number of rotatable bonds is 4. The van der Waals surface area contributed by atoms with Gasteiger partial charge in [0.2, 0.25) is 5.91 Å². The van der Waals surface area contributed by atoms with E-state index in [0.717, 1.165) is 22.2 Å². The summed E-state index contributed by atoms with van der Waals surface area (Å²) in [7, 11) is 1.63. The number of benzene rings is 1. The van der Waals surface area contributed by atoms with Crippen LogP contribution in [0.3, 0.4) is 0 Å². The third-order valence-electron chi connectivity index (χ3n) is 4.06.